The van der Waals surface area contributed by atoms with Gasteiger partial charge in [-0.15, -0.1) is 0 Å². The number of aromatic nitrogens is 3. The summed E-state index contributed by atoms with van der Waals surface area (Å²) in [7, 11) is 0. The molecule has 0 saturated carbocycles. The summed E-state index contributed by atoms with van der Waals surface area (Å²) in [6.45, 7) is 8.52. The van der Waals surface area contributed by atoms with Crippen molar-refractivity contribution in [3.8, 4) is 0 Å². The molecule has 1 saturated heterocycles. The number of nitrogens with zero attached hydrogens (tertiary/aromatic N) is 3. The van der Waals surface area contributed by atoms with E-state index < -0.39 is 0 Å². The number of H-pyrrole nitrogens is 1. The molecule has 3 rings (SSSR count). The summed E-state index contributed by atoms with van der Waals surface area (Å²) in [6.07, 6.45) is 2.84. The van der Waals surface area contributed by atoms with Gasteiger partial charge in [0.05, 0.1) is 6.04 Å². The van der Waals surface area contributed by atoms with Crippen molar-refractivity contribution in [2.75, 3.05) is 6.54 Å². The van der Waals surface area contributed by atoms with Crippen LogP contribution in [0.1, 0.15) is 73.5 Å². The maximum Gasteiger partial charge on any atom is 0.345 e. The van der Waals surface area contributed by atoms with Gasteiger partial charge in [0.2, 0.25) is 5.91 Å². The molecule has 0 aromatic carbocycles. The molecule has 1 amide bonds. The molecule has 0 radical (unpaired) electrons. The van der Waals surface area contributed by atoms with Crippen molar-refractivity contribution in [1.29, 1.82) is 0 Å². The number of hydrogen-bond acceptors (Lipinski definition) is 5. The van der Waals surface area contributed by atoms with Crippen LogP contribution in [0.25, 0.3) is 0 Å². The molecule has 2 aromatic rings. The number of rotatable bonds is 5. The number of likely N-dealkylation sites (tertiary alicyclic amines) is 1. The highest BCUT2D eigenvalue weighted by atomic mass is 16.5. The van der Waals surface area contributed by atoms with Gasteiger partial charge in [-0.05, 0) is 38.7 Å². The van der Waals surface area contributed by atoms with Crippen molar-refractivity contribution < 1.29 is 9.32 Å². The highest BCUT2D eigenvalue weighted by Crippen LogP contribution is 2.33. The highest BCUT2D eigenvalue weighted by Gasteiger charge is 2.32. The second kappa shape index (κ2) is 7.43. The van der Waals surface area contributed by atoms with Crippen LogP contribution < -0.4 is 5.69 Å². The summed E-state index contributed by atoms with van der Waals surface area (Å²) in [4.78, 5) is 32.8. The Bertz CT molecular complexity index is 826. The molecule has 1 aliphatic heterocycles. The first-order valence-electron chi connectivity index (χ1n) is 9.19. The summed E-state index contributed by atoms with van der Waals surface area (Å²) in [6, 6.07) is 1.97. The van der Waals surface area contributed by atoms with E-state index in [0.717, 1.165) is 42.1 Å². The van der Waals surface area contributed by atoms with Crippen molar-refractivity contribution in [3.63, 3.8) is 0 Å². The number of nitrogens with one attached hydrogen (secondary N) is 1. The monoisotopic (exact) mass is 358 g/mol. The van der Waals surface area contributed by atoms with Crippen molar-refractivity contribution in [1.82, 2.24) is 20.0 Å². The molecule has 0 bridgehead atoms. The fraction of sp³-hybridized carbons (Fsp3) is 0.579. The molecule has 3 heterocycles. The minimum Gasteiger partial charge on any atom is -0.361 e. The third-order valence-electron chi connectivity index (χ3n) is 5.07. The third kappa shape index (κ3) is 3.71. The Kier molecular flexibility index (Phi) is 5.25. The van der Waals surface area contributed by atoms with Crippen LogP contribution in [0.3, 0.4) is 0 Å². The van der Waals surface area contributed by atoms with Crippen LogP contribution in [0.2, 0.25) is 0 Å². The Labute approximate surface area is 152 Å². The molecule has 0 aliphatic carbocycles. The molecule has 0 spiro atoms. The fourth-order valence-electron chi connectivity index (χ4n) is 3.60. The molecule has 1 fully saturated rings. The van der Waals surface area contributed by atoms with Gasteiger partial charge < -0.3 is 14.4 Å². The van der Waals surface area contributed by atoms with Gasteiger partial charge in [0.15, 0.2) is 0 Å². The lowest BCUT2D eigenvalue weighted by molar-refractivity contribution is -0.132. The lowest BCUT2D eigenvalue weighted by Crippen LogP contribution is -2.31. The van der Waals surface area contributed by atoms with Crippen molar-refractivity contribution >= 4 is 5.91 Å². The molecule has 7 nitrogen and oxygen atoms in total. The van der Waals surface area contributed by atoms with Gasteiger partial charge in [-0.3, -0.25) is 4.79 Å². The average molecular weight is 358 g/mol. The minimum absolute atomic E-state index is 0.00495. The Morgan fingerprint density at radius 1 is 1.42 bits per heavy atom. The van der Waals surface area contributed by atoms with Gasteiger partial charge in [-0.2, -0.15) is 4.98 Å². The van der Waals surface area contributed by atoms with Crippen LogP contribution in [-0.2, 0) is 11.2 Å². The molecule has 2 aromatic heterocycles. The van der Waals surface area contributed by atoms with Gasteiger partial charge in [0.1, 0.15) is 11.5 Å². The second-order valence-corrected chi connectivity index (χ2v) is 7.28. The zero-order valence-electron chi connectivity index (χ0n) is 15.8. The smallest absolute Gasteiger partial charge is 0.345 e. The van der Waals surface area contributed by atoms with E-state index in [0.29, 0.717) is 18.5 Å². The molecular weight excluding hydrogens is 332 g/mol. The van der Waals surface area contributed by atoms with Crippen molar-refractivity contribution in [3.05, 3.63) is 45.0 Å². The van der Waals surface area contributed by atoms with Gasteiger partial charge in [-0.1, -0.05) is 19.0 Å². The first kappa shape index (κ1) is 18.4. The first-order valence-corrected chi connectivity index (χ1v) is 9.19. The summed E-state index contributed by atoms with van der Waals surface area (Å²) in [5.41, 5.74) is 2.91. The van der Waals surface area contributed by atoms with Gasteiger partial charge in [0, 0.05) is 36.3 Å². The molecule has 26 heavy (non-hydrogen) atoms. The standard InChI is InChI=1S/C19H26N4O3/c1-11(2)17-10-15(22-26-17)16-6-5-9-23(16)18(24)8-7-14-12(3)20-19(25)21-13(14)4/h10-11,16H,5-9H2,1-4H3,(H,20,21,25)/t16-/m1/s1. The van der Waals surface area contributed by atoms with Crippen molar-refractivity contribution in [2.24, 2.45) is 0 Å². The average Bonchev–Trinajstić information content (AvgIpc) is 3.22. The maximum atomic E-state index is 12.8. The summed E-state index contributed by atoms with van der Waals surface area (Å²) < 4.78 is 5.41. The number of carbonyl (C=O) groups excluding carboxylic acids is 1. The predicted octanol–water partition coefficient (Wildman–Crippen LogP) is 2.79. The summed E-state index contributed by atoms with van der Waals surface area (Å²) in [5.74, 6) is 1.23. The van der Waals surface area contributed by atoms with Gasteiger partial charge >= 0.3 is 5.69 Å². The van der Waals surface area contributed by atoms with Crippen LogP contribution in [-0.4, -0.2) is 32.5 Å². The van der Waals surface area contributed by atoms with Crippen LogP contribution in [0.15, 0.2) is 15.4 Å². The van der Waals surface area contributed by atoms with Gasteiger partial charge in [0.25, 0.3) is 0 Å². The maximum absolute atomic E-state index is 12.8. The fourth-order valence-corrected chi connectivity index (χ4v) is 3.60. The summed E-state index contributed by atoms with van der Waals surface area (Å²) in [5, 5.41) is 4.19. The highest BCUT2D eigenvalue weighted by molar-refractivity contribution is 5.77. The number of amides is 1. The number of carbonyl (C=O) groups is 1. The quantitative estimate of drug-likeness (QED) is 0.887. The number of aromatic amines is 1. The molecule has 7 heteroatoms. The Morgan fingerprint density at radius 2 is 2.19 bits per heavy atom. The normalized spacial score (nSPS) is 17.3. The number of hydrogen-bond donors (Lipinski definition) is 1. The zero-order chi connectivity index (χ0) is 18.8. The van der Waals surface area contributed by atoms with E-state index in [1.807, 2.05) is 24.8 Å². The van der Waals surface area contributed by atoms with Crippen LogP contribution in [0.5, 0.6) is 0 Å². The molecule has 140 valence electrons. The number of aryl methyl sites for hydroxylation is 2. The molecule has 1 N–H and O–H groups in total. The zero-order valence-corrected chi connectivity index (χ0v) is 15.8. The first-order chi connectivity index (χ1) is 12.4. The van der Waals surface area contributed by atoms with E-state index in [-0.39, 0.29) is 23.6 Å². The van der Waals surface area contributed by atoms with E-state index in [1.165, 1.54) is 0 Å². The topological polar surface area (TPSA) is 92.1 Å². The summed E-state index contributed by atoms with van der Waals surface area (Å²) >= 11 is 0. The minimum atomic E-state index is -0.346. The SMILES string of the molecule is Cc1nc(=O)[nH]c(C)c1CCC(=O)N1CCC[C@@H]1c1cc(C(C)C)on1. The largest absolute Gasteiger partial charge is 0.361 e. The Balaban J connectivity index is 1.70. The molecule has 1 atom stereocenters. The molecule has 1 aliphatic rings. The lowest BCUT2D eigenvalue weighted by Gasteiger charge is -2.23. The van der Waals surface area contributed by atoms with Gasteiger partial charge in [-0.25, -0.2) is 4.79 Å². The Morgan fingerprint density at radius 3 is 2.85 bits per heavy atom. The van der Waals surface area contributed by atoms with Crippen LogP contribution in [0.4, 0.5) is 0 Å². The predicted molar refractivity (Wildman–Crippen MR) is 96.9 cm³/mol. The van der Waals surface area contributed by atoms with Crippen LogP contribution >= 0.6 is 0 Å². The van der Waals surface area contributed by atoms with E-state index in [2.05, 4.69) is 29.0 Å². The van der Waals surface area contributed by atoms with Crippen molar-refractivity contribution in [2.45, 2.75) is 65.3 Å². The van der Waals surface area contributed by atoms with E-state index in [4.69, 9.17) is 4.52 Å². The van der Waals surface area contributed by atoms with E-state index in [9.17, 15) is 9.59 Å². The second-order valence-electron chi connectivity index (χ2n) is 7.28. The Hall–Kier alpha value is -2.44. The van der Waals surface area contributed by atoms with Crippen LogP contribution in [0, 0.1) is 13.8 Å². The van der Waals surface area contributed by atoms with E-state index >= 15 is 0 Å². The lowest BCUT2D eigenvalue weighted by atomic mass is 10.1. The third-order valence-corrected chi connectivity index (χ3v) is 5.07. The molecular formula is C19H26N4O3. The molecule has 0 unspecified atom stereocenters. The van der Waals surface area contributed by atoms with E-state index in [1.54, 1.807) is 0 Å².